The largest absolute Gasteiger partial charge is 0.207 e. The van der Waals surface area contributed by atoms with Crippen LogP contribution < -0.4 is 0 Å². The Labute approximate surface area is 148 Å². The summed E-state index contributed by atoms with van der Waals surface area (Å²) in [5.41, 5.74) is 2.65. The number of aryl methyl sites for hydroxylation is 2. The Bertz CT molecular complexity index is 743. The Morgan fingerprint density at radius 2 is 1.56 bits per heavy atom. The molecule has 1 fully saturated rings. The highest BCUT2D eigenvalue weighted by Crippen LogP contribution is 2.41. The number of benzene rings is 2. The monoisotopic (exact) mass is 346 g/mol. The van der Waals surface area contributed by atoms with Crippen molar-refractivity contribution in [2.75, 3.05) is 0 Å². The van der Waals surface area contributed by atoms with E-state index in [0.29, 0.717) is 17.0 Å². The quantitative estimate of drug-likeness (QED) is 0.570. The maximum atomic E-state index is 14.2. The highest BCUT2D eigenvalue weighted by molar-refractivity contribution is 5.31. The summed E-state index contributed by atoms with van der Waals surface area (Å²) in [6, 6.07) is 8.97. The van der Waals surface area contributed by atoms with E-state index in [1.165, 1.54) is 0 Å². The molecule has 2 aromatic rings. The molecule has 25 heavy (non-hydrogen) atoms. The van der Waals surface area contributed by atoms with Crippen LogP contribution in [0.5, 0.6) is 0 Å². The van der Waals surface area contributed by atoms with Gasteiger partial charge in [-0.25, -0.2) is 13.2 Å². The number of rotatable bonds is 4. The Morgan fingerprint density at radius 1 is 0.880 bits per heavy atom. The zero-order chi connectivity index (χ0) is 18.0. The van der Waals surface area contributed by atoms with Gasteiger partial charge >= 0.3 is 0 Å². The summed E-state index contributed by atoms with van der Waals surface area (Å²) in [6.07, 6.45) is 5.07. The van der Waals surface area contributed by atoms with Crippen LogP contribution in [-0.2, 0) is 6.42 Å². The van der Waals surface area contributed by atoms with Crippen LogP contribution in [0.2, 0.25) is 0 Å². The molecule has 0 aromatic heterocycles. The van der Waals surface area contributed by atoms with Crippen molar-refractivity contribution < 1.29 is 13.2 Å². The first kappa shape index (κ1) is 18.0. The van der Waals surface area contributed by atoms with Gasteiger partial charge in [-0.05, 0) is 79.2 Å². The summed E-state index contributed by atoms with van der Waals surface area (Å²) in [6.45, 7) is 3.62. The van der Waals surface area contributed by atoms with Crippen LogP contribution >= 0.6 is 0 Å². The topological polar surface area (TPSA) is 0 Å². The molecule has 1 aliphatic rings. The Morgan fingerprint density at radius 3 is 2.20 bits per heavy atom. The summed E-state index contributed by atoms with van der Waals surface area (Å²) in [5.74, 6) is -1.19. The van der Waals surface area contributed by atoms with E-state index in [4.69, 9.17) is 0 Å². The molecule has 0 nitrogen and oxygen atoms in total. The molecule has 3 heteroatoms. The average molecular weight is 346 g/mol. The molecule has 0 heterocycles. The van der Waals surface area contributed by atoms with E-state index in [0.717, 1.165) is 49.7 Å². The minimum Gasteiger partial charge on any atom is -0.207 e. The zero-order valence-electron chi connectivity index (χ0n) is 14.9. The van der Waals surface area contributed by atoms with E-state index in [1.54, 1.807) is 25.1 Å². The van der Waals surface area contributed by atoms with Crippen LogP contribution in [0.25, 0.3) is 0 Å². The second kappa shape index (κ2) is 7.63. The van der Waals surface area contributed by atoms with Crippen LogP contribution in [0, 0.1) is 24.4 Å². The minimum atomic E-state index is -0.729. The predicted molar refractivity (Wildman–Crippen MR) is 95.4 cm³/mol. The average Bonchev–Trinajstić information content (AvgIpc) is 2.62. The Kier molecular flexibility index (Phi) is 5.51. The maximum absolute atomic E-state index is 14.2. The fraction of sp³-hybridized carbons (Fsp3) is 0.455. The first-order chi connectivity index (χ1) is 12.0. The van der Waals surface area contributed by atoms with Gasteiger partial charge in [0.15, 0.2) is 11.6 Å². The van der Waals surface area contributed by atoms with Gasteiger partial charge in [0.2, 0.25) is 0 Å². The van der Waals surface area contributed by atoms with Crippen molar-refractivity contribution in [1.82, 2.24) is 0 Å². The third kappa shape index (κ3) is 3.75. The fourth-order valence-electron chi connectivity index (χ4n) is 4.00. The van der Waals surface area contributed by atoms with Gasteiger partial charge in [0.25, 0.3) is 0 Å². The van der Waals surface area contributed by atoms with Gasteiger partial charge in [0.05, 0.1) is 0 Å². The molecule has 0 bridgehead atoms. The van der Waals surface area contributed by atoms with Gasteiger partial charge in [0.1, 0.15) is 5.82 Å². The van der Waals surface area contributed by atoms with E-state index < -0.39 is 11.6 Å². The summed E-state index contributed by atoms with van der Waals surface area (Å²) in [4.78, 5) is 0. The molecule has 2 aromatic carbocycles. The molecule has 0 N–H and O–H groups in total. The van der Waals surface area contributed by atoms with Gasteiger partial charge in [-0.2, -0.15) is 0 Å². The summed E-state index contributed by atoms with van der Waals surface area (Å²) >= 11 is 0. The van der Waals surface area contributed by atoms with Gasteiger partial charge in [0, 0.05) is 0 Å². The second-order valence-electron chi connectivity index (χ2n) is 7.25. The Balaban J connectivity index is 1.70. The fourth-order valence-corrected chi connectivity index (χ4v) is 4.00. The van der Waals surface area contributed by atoms with Crippen LogP contribution in [0.4, 0.5) is 13.2 Å². The highest BCUT2D eigenvalue weighted by Gasteiger charge is 2.27. The van der Waals surface area contributed by atoms with Crippen molar-refractivity contribution in [2.24, 2.45) is 0 Å². The van der Waals surface area contributed by atoms with E-state index in [9.17, 15) is 13.2 Å². The maximum Gasteiger partial charge on any atom is 0.162 e. The molecule has 0 saturated heterocycles. The van der Waals surface area contributed by atoms with Crippen molar-refractivity contribution in [3.63, 3.8) is 0 Å². The third-order valence-electron chi connectivity index (χ3n) is 5.54. The molecule has 1 aliphatic carbocycles. The second-order valence-corrected chi connectivity index (χ2v) is 7.25. The van der Waals surface area contributed by atoms with Crippen molar-refractivity contribution in [2.45, 2.75) is 64.2 Å². The molecule has 0 amide bonds. The zero-order valence-corrected chi connectivity index (χ0v) is 14.9. The van der Waals surface area contributed by atoms with Crippen molar-refractivity contribution in [3.05, 3.63) is 70.0 Å². The molecule has 0 aliphatic heterocycles. The molecule has 1 saturated carbocycles. The predicted octanol–water partition coefficient (Wildman–Crippen LogP) is 6.81. The van der Waals surface area contributed by atoms with Crippen LogP contribution in [0.1, 0.15) is 73.1 Å². The lowest BCUT2D eigenvalue weighted by atomic mass is 9.76. The van der Waals surface area contributed by atoms with Crippen LogP contribution in [0.15, 0.2) is 30.3 Å². The standard InChI is InChI=1S/C22H25F3/c1-3-4-17-10-11-18(13-20(17)23)15-6-8-16(9-7-15)19-12-5-14(2)21(24)22(19)25/h5,10-13,15-16H,3-4,6-9H2,1-2H3. The first-order valence-corrected chi connectivity index (χ1v) is 9.24. The lowest BCUT2D eigenvalue weighted by Crippen LogP contribution is -2.14. The molecule has 134 valence electrons. The molecule has 3 rings (SSSR count). The molecule has 0 unspecified atom stereocenters. The minimum absolute atomic E-state index is 0.0514. The number of hydrogen-bond acceptors (Lipinski definition) is 0. The van der Waals surface area contributed by atoms with Crippen molar-refractivity contribution in [1.29, 1.82) is 0 Å². The van der Waals surface area contributed by atoms with E-state index in [-0.39, 0.29) is 11.7 Å². The SMILES string of the molecule is CCCc1ccc(C2CCC(c3ccc(C)c(F)c3F)CC2)cc1F. The van der Waals surface area contributed by atoms with Crippen molar-refractivity contribution >= 4 is 0 Å². The van der Waals surface area contributed by atoms with Crippen LogP contribution in [0.3, 0.4) is 0 Å². The van der Waals surface area contributed by atoms with Gasteiger partial charge in [-0.15, -0.1) is 0 Å². The summed E-state index contributed by atoms with van der Waals surface area (Å²) in [7, 11) is 0. The van der Waals surface area contributed by atoms with Gasteiger partial charge in [-0.1, -0.05) is 37.6 Å². The van der Waals surface area contributed by atoms with Crippen LogP contribution in [-0.4, -0.2) is 0 Å². The van der Waals surface area contributed by atoms with E-state index >= 15 is 0 Å². The summed E-state index contributed by atoms with van der Waals surface area (Å²) < 4.78 is 42.2. The summed E-state index contributed by atoms with van der Waals surface area (Å²) in [5, 5.41) is 0. The molecule has 0 atom stereocenters. The third-order valence-corrected chi connectivity index (χ3v) is 5.54. The normalized spacial score (nSPS) is 20.7. The van der Waals surface area contributed by atoms with E-state index in [1.807, 2.05) is 19.1 Å². The van der Waals surface area contributed by atoms with Gasteiger partial charge < -0.3 is 0 Å². The molecule has 0 spiro atoms. The lowest BCUT2D eigenvalue weighted by molar-refractivity contribution is 0.380. The number of halogens is 3. The highest BCUT2D eigenvalue weighted by atomic mass is 19.2. The first-order valence-electron chi connectivity index (χ1n) is 9.24. The van der Waals surface area contributed by atoms with Crippen molar-refractivity contribution in [3.8, 4) is 0 Å². The van der Waals surface area contributed by atoms with E-state index in [2.05, 4.69) is 0 Å². The molecular formula is C22H25F3. The lowest BCUT2D eigenvalue weighted by Gasteiger charge is -2.29. The van der Waals surface area contributed by atoms with Gasteiger partial charge in [-0.3, -0.25) is 0 Å². The Hall–Kier alpha value is -1.77. The number of hydrogen-bond donors (Lipinski definition) is 0. The smallest absolute Gasteiger partial charge is 0.162 e. The molecule has 0 radical (unpaired) electrons. The molecular weight excluding hydrogens is 321 g/mol.